The van der Waals surface area contributed by atoms with Gasteiger partial charge in [-0.3, -0.25) is 4.79 Å². The van der Waals surface area contributed by atoms with Crippen LogP contribution in [0.25, 0.3) is 0 Å². The van der Waals surface area contributed by atoms with Gasteiger partial charge in [-0.15, -0.1) is 11.8 Å². The molecule has 2 rings (SSSR count). The third-order valence-corrected chi connectivity index (χ3v) is 4.39. The Bertz CT molecular complexity index is 401. The lowest BCUT2D eigenvalue weighted by molar-refractivity contribution is -0.137. The molecule has 0 aliphatic carbocycles. The normalized spacial score (nSPS) is 19.9. The molecule has 16 heavy (non-hydrogen) atoms. The van der Waals surface area contributed by atoms with Gasteiger partial charge in [0.15, 0.2) is 0 Å². The van der Waals surface area contributed by atoms with Crippen molar-refractivity contribution in [3.05, 3.63) is 29.3 Å². The molecule has 1 atom stereocenters. The van der Waals surface area contributed by atoms with E-state index in [0.717, 1.165) is 18.6 Å². The molecule has 1 N–H and O–H groups in total. The van der Waals surface area contributed by atoms with Crippen LogP contribution in [0.3, 0.4) is 0 Å². The lowest BCUT2D eigenvalue weighted by atomic mass is 9.90. The van der Waals surface area contributed by atoms with Crippen LogP contribution < -0.4 is 0 Å². The molecule has 0 saturated carbocycles. The Hall–Kier alpha value is -0.960. The molecule has 0 fully saturated rings. The van der Waals surface area contributed by atoms with Crippen LogP contribution in [0.15, 0.2) is 23.1 Å². The number of carboxylic acids is 1. The molecule has 0 amide bonds. The van der Waals surface area contributed by atoms with E-state index in [0.29, 0.717) is 0 Å². The van der Waals surface area contributed by atoms with Crippen LogP contribution in [-0.2, 0) is 4.79 Å². The topological polar surface area (TPSA) is 37.3 Å². The third kappa shape index (κ3) is 2.40. The van der Waals surface area contributed by atoms with Gasteiger partial charge in [0.1, 0.15) is 0 Å². The molecular formula is C13H16O2S. The molecule has 0 aromatic heterocycles. The summed E-state index contributed by atoms with van der Waals surface area (Å²) in [5.41, 5.74) is 2.52. The van der Waals surface area contributed by atoms with E-state index >= 15 is 0 Å². The van der Waals surface area contributed by atoms with Gasteiger partial charge in [-0.1, -0.05) is 18.2 Å². The van der Waals surface area contributed by atoms with Gasteiger partial charge >= 0.3 is 5.97 Å². The predicted molar refractivity (Wildman–Crippen MR) is 66.1 cm³/mol. The molecule has 2 nitrogen and oxygen atoms in total. The predicted octanol–water partition coefficient (Wildman–Crippen LogP) is 3.44. The van der Waals surface area contributed by atoms with E-state index < -0.39 is 5.97 Å². The highest BCUT2D eigenvalue weighted by Gasteiger charge is 2.22. The first-order valence-electron chi connectivity index (χ1n) is 5.62. The average Bonchev–Trinajstić information content (AvgIpc) is 2.42. The summed E-state index contributed by atoms with van der Waals surface area (Å²) in [6.07, 6.45) is 2.36. The molecule has 1 aliphatic rings. The zero-order chi connectivity index (χ0) is 11.5. The molecule has 0 spiro atoms. The summed E-state index contributed by atoms with van der Waals surface area (Å²) in [5.74, 6) is 0.611. The Balaban J connectivity index is 2.36. The molecule has 1 unspecified atom stereocenters. The van der Waals surface area contributed by atoms with Crippen molar-refractivity contribution in [3.8, 4) is 0 Å². The zero-order valence-corrected chi connectivity index (χ0v) is 10.2. The summed E-state index contributed by atoms with van der Waals surface area (Å²) < 4.78 is 0. The highest BCUT2D eigenvalue weighted by atomic mass is 32.2. The van der Waals surface area contributed by atoms with E-state index in [4.69, 9.17) is 5.11 Å². The fourth-order valence-corrected chi connectivity index (χ4v) is 3.49. The molecular weight excluding hydrogens is 220 g/mol. The maximum absolute atomic E-state index is 10.9. The minimum absolute atomic E-state index is 0.197. The smallest absolute Gasteiger partial charge is 0.303 e. The Morgan fingerprint density at radius 1 is 1.56 bits per heavy atom. The van der Waals surface area contributed by atoms with Gasteiger partial charge in [-0.25, -0.2) is 0 Å². The van der Waals surface area contributed by atoms with Gasteiger partial charge < -0.3 is 5.11 Å². The maximum Gasteiger partial charge on any atom is 0.303 e. The molecule has 1 aromatic carbocycles. The lowest BCUT2D eigenvalue weighted by Gasteiger charge is -2.16. The van der Waals surface area contributed by atoms with E-state index in [2.05, 4.69) is 19.1 Å². The van der Waals surface area contributed by atoms with Crippen LogP contribution in [0.1, 0.15) is 36.3 Å². The number of aliphatic carboxylic acids is 1. The quantitative estimate of drug-likeness (QED) is 0.854. The Morgan fingerprint density at radius 2 is 2.38 bits per heavy atom. The van der Waals surface area contributed by atoms with Gasteiger partial charge in [-0.05, 0) is 42.6 Å². The molecule has 0 saturated heterocycles. The lowest BCUT2D eigenvalue weighted by Crippen LogP contribution is -2.06. The van der Waals surface area contributed by atoms with Crippen molar-refractivity contribution >= 4 is 17.7 Å². The van der Waals surface area contributed by atoms with E-state index in [9.17, 15) is 4.79 Å². The van der Waals surface area contributed by atoms with E-state index in [-0.39, 0.29) is 12.3 Å². The van der Waals surface area contributed by atoms with Crippen molar-refractivity contribution in [2.45, 2.75) is 37.0 Å². The SMILES string of the molecule is Cc1cccc2c1SCCCC2CC(=O)O. The van der Waals surface area contributed by atoms with Crippen LogP contribution in [0.4, 0.5) is 0 Å². The fourth-order valence-electron chi connectivity index (χ4n) is 2.28. The van der Waals surface area contributed by atoms with Gasteiger partial charge in [0, 0.05) is 4.90 Å². The number of carbonyl (C=O) groups is 1. The molecule has 1 heterocycles. The minimum atomic E-state index is -0.690. The third-order valence-electron chi connectivity index (χ3n) is 3.05. The van der Waals surface area contributed by atoms with Crippen molar-refractivity contribution in [3.63, 3.8) is 0 Å². The van der Waals surface area contributed by atoms with Gasteiger partial charge in [0.25, 0.3) is 0 Å². The number of carboxylic acid groups (broad SMARTS) is 1. The second-order valence-corrected chi connectivity index (χ2v) is 5.38. The molecule has 1 aliphatic heterocycles. The first-order chi connectivity index (χ1) is 7.68. The first kappa shape index (κ1) is 11.5. The number of hydrogen-bond acceptors (Lipinski definition) is 2. The summed E-state index contributed by atoms with van der Waals surface area (Å²) in [6.45, 7) is 2.11. The summed E-state index contributed by atoms with van der Waals surface area (Å²) in [7, 11) is 0. The number of thioether (sulfide) groups is 1. The Labute approximate surface area is 100 Å². The second kappa shape index (κ2) is 4.91. The van der Waals surface area contributed by atoms with Crippen LogP contribution in [0.2, 0.25) is 0 Å². The van der Waals surface area contributed by atoms with Gasteiger partial charge in [-0.2, -0.15) is 0 Å². The number of fused-ring (bicyclic) bond motifs is 1. The van der Waals surface area contributed by atoms with Crippen LogP contribution in [0.5, 0.6) is 0 Å². The van der Waals surface area contributed by atoms with Crippen molar-refractivity contribution < 1.29 is 9.90 Å². The van der Waals surface area contributed by atoms with E-state index in [1.54, 1.807) is 0 Å². The highest BCUT2D eigenvalue weighted by Crippen LogP contribution is 2.39. The number of benzene rings is 1. The van der Waals surface area contributed by atoms with Gasteiger partial charge in [0.2, 0.25) is 0 Å². The summed E-state index contributed by atoms with van der Waals surface area (Å²) in [6, 6.07) is 6.23. The summed E-state index contributed by atoms with van der Waals surface area (Å²) >= 11 is 1.87. The Kier molecular flexibility index (Phi) is 3.54. The van der Waals surface area contributed by atoms with E-state index in [1.807, 2.05) is 17.8 Å². The van der Waals surface area contributed by atoms with Crippen LogP contribution in [0, 0.1) is 6.92 Å². The van der Waals surface area contributed by atoms with Crippen molar-refractivity contribution in [1.29, 1.82) is 0 Å². The van der Waals surface area contributed by atoms with Gasteiger partial charge in [0.05, 0.1) is 6.42 Å². The Morgan fingerprint density at radius 3 is 3.12 bits per heavy atom. The van der Waals surface area contributed by atoms with Crippen molar-refractivity contribution in [2.75, 3.05) is 5.75 Å². The van der Waals surface area contributed by atoms with Crippen LogP contribution >= 0.6 is 11.8 Å². The van der Waals surface area contributed by atoms with Crippen LogP contribution in [-0.4, -0.2) is 16.8 Å². The fraction of sp³-hybridized carbons (Fsp3) is 0.462. The highest BCUT2D eigenvalue weighted by molar-refractivity contribution is 7.99. The minimum Gasteiger partial charge on any atom is -0.481 e. The van der Waals surface area contributed by atoms with Crippen molar-refractivity contribution in [1.82, 2.24) is 0 Å². The molecule has 3 heteroatoms. The van der Waals surface area contributed by atoms with Crippen molar-refractivity contribution in [2.24, 2.45) is 0 Å². The largest absolute Gasteiger partial charge is 0.481 e. The standard InChI is InChI=1S/C13H16O2S/c1-9-4-2-6-11-10(8-12(14)15)5-3-7-16-13(9)11/h2,4,6,10H,3,5,7-8H2,1H3,(H,14,15). The average molecular weight is 236 g/mol. The molecule has 0 radical (unpaired) electrons. The summed E-state index contributed by atoms with van der Waals surface area (Å²) in [4.78, 5) is 12.2. The second-order valence-electron chi connectivity index (χ2n) is 4.28. The summed E-state index contributed by atoms with van der Waals surface area (Å²) in [5, 5.41) is 8.95. The molecule has 1 aromatic rings. The van der Waals surface area contributed by atoms with E-state index in [1.165, 1.54) is 16.0 Å². The first-order valence-corrected chi connectivity index (χ1v) is 6.61. The number of aryl methyl sites for hydroxylation is 1. The molecule has 86 valence electrons. The maximum atomic E-state index is 10.9. The number of rotatable bonds is 2. The zero-order valence-electron chi connectivity index (χ0n) is 9.40. The molecule has 0 bridgehead atoms. The number of hydrogen-bond donors (Lipinski definition) is 1. The monoisotopic (exact) mass is 236 g/mol.